The van der Waals surface area contributed by atoms with Gasteiger partial charge in [-0.05, 0) is 36.6 Å². The van der Waals surface area contributed by atoms with E-state index in [1.165, 1.54) is 5.56 Å². The number of aryl methyl sites for hydroxylation is 1. The molecule has 1 fully saturated rings. The molecule has 2 aromatic rings. The van der Waals surface area contributed by atoms with E-state index in [1.54, 1.807) is 0 Å². The molecule has 3 rings (SSSR count). The van der Waals surface area contributed by atoms with E-state index in [4.69, 9.17) is 11.6 Å². The van der Waals surface area contributed by atoms with E-state index in [9.17, 15) is 4.79 Å². The Bertz CT molecular complexity index is 685. The van der Waals surface area contributed by atoms with Crippen molar-refractivity contribution in [3.05, 3.63) is 70.2 Å². The first-order chi connectivity index (χ1) is 11.6. The van der Waals surface area contributed by atoms with E-state index in [-0.39, 0.29) is 17.9 Å². The molecule has 2 aromatic carbocycles. The first-order valence-corrected chi connectivity index (χ1v) is 8.58. The minimum Gasteiger partial charge on any atom is -0.355 e. The summed E-state index contributed by atoms with van der Waals surface area (Å²) in [4.78, 5) is 12.5. The molecule has 2 unspecified atom stereocenters. The summed E-state index contributed by atoms with van der Waals surface area (Å²) in [6.45, 7) is 3.31. The molecule has 0 aliphatic carbocycles. The Morgan fingerprint density at radius 1 is 1.17 bits per heavy atom. The molecule has 0 bridgehead atoms. The molecule has 0 spiro atoms. The quantitative estimate of drug-likeness (QED) is 0.782. The van der Waals surface area contributed by atoms with Gasteiger partial charge < -0.3 is 5.32 Å². The van der Waals surface area contributed by atoms with E-state index in [2.05, 4.69) is 47.4 Å². The predicted octanol–water partition coefficient (Wildman–Crippen LogP) is 2.77. The normalized spacial score (nSPS) is 20.1. The summed E-state index contributed by atoms with van der Waals surface area (Å²) in [5.74, 6) is -0.0371. The minimum absolute atomic E-state index is 0.00105. The molecule has 1 heterocycles. The fourth-order valence-electron chi connectivity index (χ4n) is 2.94. The molecule has 1 aliphatic rings. The first-order valence-electron chi connectivity index (χ1n) is 8.20. The van der Waals surface area contributed by atoms with Gasteiger partial charge >= 0.3 is 0 Å². The SMILES string of the molecule is Cc1ccc(C2NNCC2C(=O)NCCc2ccc(Cl)cc2)cc1. The molecule has 0 aromatic heterocycles. The highest BCUT2D eigenvalue weighted by Gasteiger charge is 2.33. The second kappa shape index (κ2) is 7.79. The van der Waals surface area contributed by atoms with Crippen LogP contribution in [0.25, 0.3) is 0 Å². The summed E-state index contributed by atoms with van der Waals surface area (Å²) in [6.07, 6.45) is 0.797. The van der Waals surface area contributed by atoms with E-state index in [1.807, 2.05) is 24.3 Å². The summed E-state index contributed by atoms with van der Waals surface area (Å²) in [6, 6.07) is 16.0. The third-order valence-corrected chi connectivity index (χ3v) is 4.63. The second-order valence-corrected chi connectivity index (χ2v) is 6.62. The zero-order valence-corrected chi connectivity index (χ0v) is 14.4. The lowest BCUT2D eigenvalue weighted by atomic mass is 9.93. The van der Waals surface area contributed by atoms with Gasteiger partial charge in [-0.15, -0.1) is 0 Å². The number of amides is 1. The third kappa shape index (κ3) is 4.15. The Hall–Kier alpha value is -1.88. The lowest BCUT2D eigenvalue weighted by Crippen LogP contribution is -2.36. The number of halogens is 1. The summed E-state index contributed by atoms with van der Waals surface area (Å²) >= 11 is 5.88. The van der Waals surface area contributed by atoms with Gasteiger partial charge in [0.25, 0.3) is 0 Å². The molecule has 1 aliphatic heterocycles. The monoisotopic (exact) mass is 343 g/mol. The smallest absolute Gasteiger partial charge is 0.226 e. The molecule has 1 saturated heterocycles. The number of hydrogen-bond acceptors (Lipinski definition) is 3. The molecule has 5 heteroatoms. The maximum absolute atomic E-state index is 12.5. The summed E-state index contributed by atoms with van der Waals surface area (Å²) in [7, 11) is 0. The van der Waals surface area contributed by atoms with Crippen molar-refractivity contribution in [1.82, 2.24) is 16.2 Å². The molecular formula is C19H22ClN3O. The average Bonchev–Trinajstić information content (AvgIpc) is 3.07. The lowest BCUT2D eigenvalue weighted by molar-refractivity contribution is -0.124. The van der Waals surface area contributed by atoms with Gasteiger partial charge in [-0.3, -0.25) is 10.2 Å². The lowest BCUT2D eigenvalue weighted by Gasteiger charge is -2.18. The Kier molecular flexibility index (Phi) is 5.51. The zero-order valence-electron chi connectivity index (χ0n) is 13.7. The van der Waals surface area contributed by atoms with Crippen LogP contribution in [0.3, 0.4) is 0 Å². The van der Waals surface area contributed by atoms with E-state index >= 15 is 0 Å². The maximum Gasteiger partial charge on any atom is 0.226 e. The molecule has 0 saturated carbocycles. The average molecular weight is 344 g/mol. The van der Waals surface area contributed by atoms with Crippen molar-refractivity contribution >= 4 is 17.5 Å². The molecule has 126 valence electrons. The van der Waals surface area contributed by atoms with Crippen molar-refractivity contribution < 1.29 is 4.79 Å². The highest BCUT2D eigenvalue weighted by molar-refractivity contribution is 6.30. The van der Waals surface area contributed by atoms with Crippen LogP contribution in [0.1, 0.15) is 22.7 Å². The molecule has 4 nitrogen and oxygen atoms in total. The van der Waals surface area contributed by atoms with Gasteiger partial charge in [0.2, 0.25) is 5.91 Å². The summed E-state index contributed by atoms with van der Waals surface area (Å²) in [5, 5.41) is 3.78. The Morgan fingerprint density at radius 2 is 1.88 bits per heavy atom. The van der Waals surface area contributed by atoms with Crippen LogP contribution < -0.4 is 16.2 Å². The van der Waals surface area contributed by atoms with E-state index in [0.717, 1.165) is 22.6 Å². The number of hydrazine groups is 1. The summed E-state index contributed by atoms with van der Waals surface area (Å²) in [5.41, 5.74) is 9.83. The molecule has 24 heavy (non-hydrogen) atoms. The highest BCUT2D eigenvalue weighted by atomic mass is 35.5. The topological polar surface area (TPSA) is 53.2 Å². The molecular weight excluding hydrogens is 322 g/mol. The second-order valence-electron chi connectivity index (χ2n) is 6.19. The molecule has 2 atom stereocenters. The summed E-state index contributed by atoms with van der Waals surface area (Å²) < 4.78 is 0. The van der Waals surface area contributed by atoms with Crippen molar-refractivity contribution in [2.75, 3.05) is 13.1 Å². The van der Waals surface area contributed by atoms with Crippen LogP contribution in [0.5, 0.6) is 0 Å². The Morgan fingerprint density at radius 3 is 2.58 bits per heavy atom. The van der Waals surface area contributed by atoms with Gasteiger partial charge in [-0.25, -0.2) is 5.43 Å². The molecule has 3 N–H and O–H groups in total. The van der Waals surface area contributed by atoms with Crippen LogP contribution in [-0.4, -0.2) is 19.0 Å². The number of carbonyl (C=O) groups is 1. The van der Waals surface area contributed by atoms with Crippen LogP contribution in [0.2, 0.25) is 5.02 Å². The van der Waals surface area contributed by atoms with E-state index in [0.29, 0.717) is 13.1 Å². The third-order valence-electron chi connectivity index (χ3n) is 4.38. The standard InChI is InChI=1S/C19H22ClN3O/c1-13-2-6-15(7-3-13)18-17(12-22-23-18)19(24)21-11-10-14-4-8-16(20)9-5-14/h2-9,17-18,22-23H,10-12H2,1H3,(H,21,24). The van der Waals surface area contributed by atoms with Crippen molar-refractivity contribution in [3.63, 3.8) is 0 Å². The largest absolute Gasteiger partial charge is 0.355 e. The predicted molar refractivity (Wildman–Crippen MR) is 96.7 cm³/mol. The Balaban J connectivity index is 1.55. The van der Waals surface area contributed by atoms with E-state index < -0.39 is 0 Å². The van der Waals surface area contributed by atoms with Crippen LogP contribution in [0.15, 0.2) is 48.5 Å². The van der Waals surface area contributed by atoms with Gasteiger partial charge in [-0.2, -0.15) is 0 Å². The van der Waals surface area contributed by atoms with Crippen LogP contribution in [-0.2, 0) is 11.2 Å². The number of nitrogens with one attached hydrogen (secondary N) is 3. The minimum atomic E-state index is -0.113. The van der Waals surface area contributed by atoms with Crippen LogP contribution in [0, 0.1) is 12.8 Å². The van der Waals surface area contributed by atoms with Gasteiger partial charge in [0.05, 0.1) is 12.0 Å². The molecule has 1 amide bonds. The van der Waals surface area contributed by atoms with Gasteiger partial charge in [0, 0.05) is 18.1 Å². The fourth-order valence-corrected chi connectivity index (χ4v) is 3.07. The van der Waals surface area contributed by atoms with Crippen molar-refractivity contribution in [2.45, 2.75) is 19.4 Å². The van der Waals surface area contributed by atoms with Crippen molar-refractivity contribution in [2.24, 2.45) is 5.92 Å². The van der Waals surface area contributed by atoms with Gasteiger partial charge in [0.1, 0.15) is 0 Å². The first kappa shape index (κ1) is 17.0. The Labute approximate surface area is 147 Å². The number of benzene rings is 2. The van der Waals surface area contributed by atoms with Crippen LogP contribution >= 0.6 is 11.6 Å². The number of rotatable bonds is 5. The van der Waals surface area contributed by atoms with Crippen molar-refractivity contribution in [1.29, 1.82) is 0 Å². The van der Waals surface area contributed by atoms with Crippen LogP contribution in [0.4, 0.5) is 0 Å². The molecule has 0 radical (unpaired) electrons. The van der Waals surface area contributed by atoms with Gasteiger partial charge in [0.15, 0.2) is 0 Å². The van der Waals surface area contributed by atoms with Crippen molar-refractivity contribution in [3.8, 4) is 0 Å². The number of hydrogen-bond donors (Lipinski definition) is 3. The highest BCUT2D eigenvalue weighted by Crippen LogP contribution is 2.25. The maximum atomic E-state index is 12.5. The zero-order chi connectivity index (χ0) is 16.9. The number of carbonyl (C=O) groups excluding carboxylic acids is 1. The van der Waals surface area contributed by atoms with Gasteiger partial charge in [-0.1, -0.05) is 53.6 Å². The fraction of sp³-hybridized carbons (Fsp3) is 0.316.